The minimum absolute atomic E-state index is 0.144. The molecule has 10 rings (SSSR count). The largest absolute Gasteiger partial charge is 0.469 e. The zero-order valence-corrected chi connectivity index (χ0v) is 39.7. The normalized spacial score (nSPS) is 13.4. The third kappa shape index (κ3) is 8.04. The summed E-state index contributed by atoms with van der Waals surface area (Å²) in [7, 11) is 2.87. The molecular formula is C62H56N2O4. The average Bonchev–Trinajstić information content (AvgIpc) is 3.75. The molecule has 8 aromatic carbocycles. The molecule has 0 saturated carbocycles. The molecule has 2 aliphatic carbocycles. The van der Waals surface area contributed by atoms with Gasteiger partial charge in [-0.2, -0.15) is 0 Å². The first-order valence-corrected chi connectivity index (χ1v) is 23.6. The van der Waals surface area contributed by atoms with Crippen molar-refractivity contribution in [3.05, 3.63) is 215 Å². The summed E-state index contributed by atoms with van der Waals surface area (Å²) in [4.78, 5) is 28.5. The molecular weight excluding hydrogens is 837 g/mol. The molecule has 6 heteroatoms. The predicted molar refractivity (Wildman–Crippen MR) is 277 cm³/mol. The molecule has 0 aromatic heterocycles. The Morgan fingerprint density at radius 3 is 1.04 bits per heavy atom. The van der Waals surface area contributed by atoms with E-state index in [1.54, 1.807) is 0 Å². The second kappa shape index (κ2) is 17.8. The fourth-order valence-corrected chi connectivity index (χ4v) is 10.5. The highest BCUT2D eigenvalue weighted by Gasteiger charge is 2.37. The molecule has 0 amide bonds. The van der Waals surface area contributed by atoms with E-state index >= 15 is 0 Å². The second-order valence-corrected chi connectivity index (χ2v) is 19.1. The molecule has 0 heterocycles. The van der Waals surface area contributed by atoms with Gasteiger partial charge in [-0.05, 0) is 152 Å². The number of methoxy groups -OCH3 is 2. The van der Waals surface area contributed by atoms with Crippen LogP contribution < -0.4 is 9.80 Å². The van der Waals surface area contributed by atoms with Crippen LogP contribution in [0.25, 0.3) is 33.4 Å². The van der Waals surface area contributed by atoms with E-state index in [4.69, 9.17) is 9.47 Å². The van der Waals surface area contributed by atoms with Gasteiger partial charge in [0.05, 0.1) is 14.2 Å². The molecule has 2 aliphatic rings. The molecule has 0 unspecified atom stereocenters. The van der Waals surface area contributed by atoms with E-state index in [0.29, 0.717) is 25.7 Å². The maximum Gasteiger partial charge on any atom is 0.305 e. The van der Waals surface area contributed by atoms with E-state index in [-0.39, 0.29) is 22.8 Å². The number of fused-ring (bicyclic) bond motifs is 6. The van der Waals surface area contributed by atoms with E-state index in [2.05, 4.69) is 219 Å². The van der Waals surface area contributed by atoms with Crippen LogP contribution in [0.4, 0.5) is 34.1 Å². The Morgan fingerprint density at radius 1 is 0.382 bits per heavy atom. The zero-order chi connectivity index (χ0) is 47.2. The van der Waals surface area contributed by atoms with Crippen LogP contribution in [0.15, 0.2) is 182 Å². The number of hydrogen-bond donors (Lipinski definition) is 0. The number of carbonyl (C=O) groups is 2. The monoisotopic (exact) mass is 892 g/mol. The van der Waals surface area contributed by atoms with Crippen molar-refractivity contribution < 1.29 is 19.1 Å². The maximum absolute atomic E-state index is 11.9. The van der Waals surface area contributed by atoms with Gasteiger partial charge in [-0.15, -0.1) is 0 Å². The van der Waals surface area contributed by atoms with Crippen LogP contribution in [0.2, 0.25) is 0 Å². The summed E-state index contributed by atoms with van der Waals surface area (Å²) in [6.07, 6.45) is 1.92. The van der Waals surface area contributed by atoms with Gasteiger partial charge in [0.2, 0.25) is 0 Å². The number of carbonyl (C=O) groups excluding carboxylic acids is 2. The van der Waals surface area contributed by atoms with Crippen molar-refractivity contribution in [3.63, 3.8) is 0 Å². The van der Waals surface area contributed by atoms with Gasteiger partial charge in [0.25, 0.3) is 0 Å². The minimum Gasteiger partial charge on any atom is -0.469 e. The quantitative estimate of drug-likeness (QED) is 0.108. The number of nitrogens with zero attached hydrogens (tertiary/aromatic N) is 2. The fourth-order valence-electron chi connectivity index (χ4n) is 10.5. The van der Waals surface area contributed by atoms with E-state index in [9.17, 15) is 9.59 Å². The number of anilines is 6. The van der Waals surface area contributed by atoms with Crippen LogP contribution in [0.1, 0.15) is 73.9 Å². The van der Waals surface area contributed by atoms with Crippen molar-refractivity contribution in [1.82, 2.24) is 0 Å². The van der Waals surface area contributed by atoms with Crippen LogP contribution >= 0.6 is 0 Å². The molecule has 338 valence electrons. The van der Waals surface area contributed by atoms with Crippen molar-refractivity contribution in [2.75, 3.05) is 24.0 Å². The van der Waals surface area contributed by atoms with Gasteiger partial charge in [0, 0.05) is 57.8 Å². The summed E-state index contributed by atoms with van der Waals surface area (Å²) in [5.41, 5.74) is 20.9. The third-order valence-corrected chi connectivity index (χ3v) is 14.3. The minimum atomic E-state index is -0.209. The van der Waals surface area contributed by atoms with E-state index in [1.807, 2.05) is 0 Å². The lowest BCUT2D eigenvalue weighted by atomic mass is 9.82. The first-order chi connectivity index (χ1) is 32.9. The second-order valence-electron chi connectivity index (χ2n) is 19.1. The highest BCUT2D eigenvalue weighted by atomic mass is 16.5. The van der Waals surface area contributed by atoms with Gasteiger partial charge in [-0.3, -0.25) is 9.59 Å². The zero-order valence-electron chi connectivity index (χ0n) is 39.7. The number of hydrogen-bond acceptors (Lipinski definition) is 6. The van der Waals surface area contributed by atoms with Gasteiger partial charge in [0.1, 0.15) is 0 Å². The Kier molecular flexibility index (Phi) is 11.6. The highest BCUT2D eigenvalue weighted by molar-refractivity contribution is 5.88. The van der Waals surface area contributed by atoms with Crippen LogP contribution in [0.3, 0.4) is 0 Å². The Bertz CT molecular complexity index is 2950. The van der Waals surface area contributed by atoms with Gasteiger partial charge in [0.15, 0.2) is 0 Å². The molecule has 0 N–H and O–H groups in total. The fraction of sp³-hybridized carbons (Fsp3) is 0.194. The van der Waals surface area contributed by atoms with Crippen LogP contribution in [-0.2, 0) is 42.7 Å². The van der Waals surface area contributed by atoms with Gasteiger partial charge in [-0.1, -0.05) is 137 Å². The summed E-state index contributed by atoms with van der Waals surface area (Å²) in [6.45, 7) is 9.27. The Labute approximate surface area is 400 Å². The molecule has 0 bridgehead atoms. The lowest BCUT2D eigenvalue weighted by molar-refractivity contribution is -0.141. The first kappa shape index (κ1) is 44.2. The number of rotatable bonds is 13. The SMILES string of the molecule is COC(=O)CCc1ccc(N(c2ccc(-c3ccc(N(c4ccc(CCC(=O)OC)cc4)c4ccc5c(c4)C(C)(C)c4ccccc4-5)cc3)cc2)c2ccc3c(c2)C(C)(C)c2ccccc2-3)cc1. The van der Waals surface area contributed by atoms with Crippen molar-refractivity contribution in [2.24, 2.45) is 0 Å². The summed E-state index contributed by atoms with van der Waals surface area (Å²) in [5.74, 6) is -0.418. The molecule has 8 aromatic rings. The van der Waals surface area contributed by atoms with Gasteiger partial charge in [-0.25, -0.2) is 0 Å². The van der Waals surface area contributed by atoms with E-state index in [1.165, 1.54) is 58.7 Å². The molecule has 0 spiro atoms. The first-order valence-electron chi connectivity index (χ1n) is 23.6. The third-order valence-electron chi connectivity index (χ3n) is 14.3. The molecule has 68 heavy (non-hydrogen) atoms. The Hall–Kier alpha value is -7.70. The van der Waals surface area contributed by atoms with Crippen molar-refractivity contribution in [3.8, 4) is 33.4 Å². The number of ether oxygens (including phenoxy) is 2. The Morgan fingerprint density at radius 2 is 0.691 bits per heavy atom. The van der Waals surface area contributed by atoms with Crippen LogP contribution in [-0.4, -0.2) is 26.2 Å². The standard InChI is InChI=1S/C62H56N2O4/c1-61(2)55-13-9-7-11-51(55)53-35-33-49(39-57(53)61)63(45-25-15-41(16-26-45)19-37-59(65)67-5)47-29-21-43(22-30-47)44-23-31-48(32-24-44)64(46-27-17-42(18-28-46)20-38-60(66)68-6)50-34-36-54-52-12-8-10-14-56(52)62(3,4)58(54)40-50/h7-18,21-36,39-40H,19-20,37-38H2,1-6H3. The van der Waals surface area contributed by atoms with Crippen LogP contribution in [0.5, 0.6) is 0 Å². The summed E-state index contributed by atoms with van der Waals surface area (Å²) < 4.78 is 9.82. The lowest BCUT2D eigenvalue weighted by Crippen LogP contribution is -2.16. The van der Waals surface area contributed by atoms with Crippen molar-refractivity contribution in [2.45, 2.75) is 64.2 Å². The molecule has 0 fully saturated rings. The topological polar surface area (TPSA) is 59.1 Å². The van der Waals surface area contributed by atoms with Crippen molar-refractivity contribution in [1.29, 1.82) is 0 Å². The smallest absolute Gasteiger partial charge is 0.305 e. The number of aryl methyl sites for hydroxylation is 2. The summed E-state index contributed by atoms with van der Waals surface area (Å²) >= 11 is 0. The predicted octanol–water partition coefficient (Wildman–Crippen LogP) is 15.1. The van der Waals surface area contributed by atoms with Crippen LogP contribution in [0, 0.1) is 0 Å². The van der Waals surface area contributed by atoms with E-state index < -0.39 is 0 Å². The number of esters is 2. The molecule has 0 aliphatic heterocycles. The average molecular weight is 893 g/mol. The van der Waals surface area contributed by atoms with Gasteiger partial charge >= 0.3 is 11.9 Å². The molecule has 6 nitrogen and oxygen atoms in total. The molecule has 0 saturated heterocycles. The Balaban J connectivity index is 0.982. The van der Waals surface area contributed by atoms with Crippen molar-refractivity contribution >= 4 is 46.1 Å². The highest BCUT2D eigenvalue weighted by Crippen LogP contribution is 2.52. The summed E-state index contributed by atoms with van der Waals surface area (Å²) in [5, 5.41) is 0. The lowest BCUT2D eigenvalue weighted by Gasteiger charge is -2.29. The van der Waals surface area contributed by atoms with Gasteiger partial charge < -0.3 is 19.3 Å². The maximum atomic E-state index is 11.9. The molecule has 0 radical (unpaired) electrons. The van der Waals surface area contributed by atoms with E-state index in [0.717, 1.165) is 56.4 Å². The number of benzene rings is 8. The molecule has 0 atom stereocenters. The summed E-state index contributed by atoms with van der Waals surface area (Å²) in [6, 6.07) is 65.9.